The van der Waals surface area contributed by atoms with Crippen LogP contribution < -0.4 is 10.4 Å². The van der Waals surface area contributed by atoms with Crippen LogP contribution >= 0.6 is 23.1 Å². The molecule has 3 aromatic rings. The summed E-state index contributed by atoms with van der Waals surface area (Å²) in [6.07, 6.45) is 5.18. The Hall–Kier alpha value is -2.59. The highest BCUT2D eigenvalue weighted by molar-refractivity contribution is 7.99. The Balaban J connectivity index is 1.45. The van der Waals surface area contributed by atoms with Crippen molar-refractivity contribution in [3.8, 4) is 11.7 Å². The van der Waals surface area contributed by atoms with Crippen LogP contribution in [0.2, 0.25) is 0 Å². The minimum absolute atomic E-state index is 0.00600. The fourth-order valence-electron chi connectivity index (χ4n) is 3.52. The fraction of sp³-hybridized carbons (Fsp3) is 0.368. The summed E-state index contributed by atoms with van der Waals surface area (Å²) in [5.41, 5.74) is 0.972. The zero-order chi connectivity index (χ0) is 20.4. The summed E-state index contributed by atoms with van der Waals surface area (Å²) in [5, 5.41) is 22.8. The number of amides is 1. The van der Waals surface area contributed by atoms with Crippen molar-refractivity contribution in [2.45, 2.75) is 43.7 Å². The molecule has 10 heteroatoms. The zero-order valence-corrected chi connectivity index (χ0v) is 17.2. The lowest BCUT2D eigenvalue weighted by Gasteiger charge is -2.23. The van der Waals surface area contributed by atoms with E-state index in [9.17, 15) is 14.7 Å². The summed E-state index contributed by atoms with van der Waals surface area (Å²) in [6, 6.07) is 3.40. The van der Waals surface area contributed by atoms with Gasteiger partial charge in [-0.15, -0.1) is 21.5 Å². The first-order valence-corrected chi connectivity index (χ1v) is 11.0. The van der Waals surface area contributed by atoms with E-state index in [1.54, 1.807) is 12.1 Å². The van der Waals surface area contributed by atoms with Gasteiger partial charge < -0.3 is 24.1 Å². The number of aromatic carboxylic acids is 1. The van der Waals surface area contributed by atoms with Crippen LogP contribution in [-0.2, 0) is 11.2 Å². The summed E-state index contributed by atoms with van der Waals surface area (Å²) in [4.78, 5) is 25.2. The van der Waals surface area contributed by atoms with Crippen LogP contribution in [-0.4, -0.2) is 27.8 Å². The Kier molecular flexibility index (Phi) is 5.72. The van der Waals surface area contributed by atoms with E-state index in [4.69, 9.17) is 8.83 Å². The largest absolute Gasteiger partial charge is 0.545 e. The van der Waals surface area contributed by atoms with E-state index in [-0.39, 0.29) is 34.3 Å². The van der Waals surface area contributed by atoms with Crippen LogP contribution in [0.15, 0.2) is 32.5 Å². The van der Waals surface area contributed by atoms with E-state index in [2.05, 4.69) is 15.5 Å². The van der Waals surface area contributed by atoms with Crippen molar-refractivity contribution in [1.29, 1.82) is 0 Å². The molecule has 0 saturated carbocycles. The molecular weight excluding hydrogens is 414 g/mol. The van der Waals surface area contributed by atoms with Crippen molar-refractivity contribution in [3.05, 3.63) is 34.4 Å². The maximum atomic E-state index is 12.4. The van der Waals surface area contributed by atoms with Crippen LogP contribution in [0.1, 0.15) is 52.9 Å². The van der Waals surface area contributed by atoms with Gasteiger partial charge in [-0.1, -0.05) is 18.7 Å². The molecule has 0 fully saturated rings. The maximum absolute atomic E-state index is 12.4. The molecule has 152 valence electrons. The predicted molar refractivity (Wildman–Crippen MR) is 106 cm³/mol. The number of nitrogens with one attached hydrogen (secondary N) is 1. The van der Waals surface area contributed by atoms with Gasteiger partial charge in [0.1, 0.15) is 5.00 Å². The van der Waals surface area contributed by atoms with Crippen LogP contribution in [0.25, 0.3) is 11.7 Å². The normalized spacial score (nSPS) is 15.8. The lowest BCUT2D eigenvalue weighted by Crippen LogP contribution is -2.26. The topological polar surface area (TPSA) is 121 Å². The van der Waals surface area contributed by atoms with Gasteiger partial charge in [0.2, 0.25) is 5.91 Å². The lowest BCUT2D eigenvalue weighted by atomic mass is 9.83. The second-order valence-corrected chi connectivity index (χ2v) is 8.65. The number of hydrogen-bond acceptors (Lipinski definition) is 9. The number of furan rings is 1. The number of carbonyl (C=O) groups is 2. The van der Waals surface area contributed by atoms with Crippen LogP contribution in [0.5, 0.6) is 0 Å². The zero-order valence-electron chi connectivity index (χ0n) is 15.6. The van der Waals surface area contributed by atoms with Gasteiger partial charge in [0.05, 0.1) is 18.0 Å². The van der Waals surface area contributed by atoms with Gasteiger partial charge in [0.15, 0.2) is 5.76 Å². The molecule has 3 heterocycles. The lowest BCUT2D eigenvalue weighted by molar-refractivity contribution is -0.255. The molecule has 0 aromatic carbocycles. The number of aryl methyl sites for hydroxylation is 1. The van der Waals surface area contributed by atoms with Crippen LogP contribution in [0.4, 0.5) is 5.00 Å². The van der Waals surface area contributed by atoms with Gasteiger partial charge in [-0.2, -0.15) is 0 Å². The van der Waals surface area contributed by atoms with E-state index >= 15 is 0 Å². The van der Waals surface area contributed by atoms with Crippen molar-refractivity contribution in [2.24, 2.45) is 0 Å². The number of anilines is 1. The second-order valence-electron chi connectivity index (χ2n) is 6.62. The summed E-state index contributed by atoms with van der Waals surface area (Å²) in [7, 11) is 0. The summed E-state index contributed by atoms with van der Waals surface area (Å²) < 4.78 is 10.6. The molecular formula is C19H18N3O5S2-. The number of hydrogen-bond donors (Lipinski definition) is 1. The smallest absolute Gasteiger partial charge is 0.284 e. The first kappa shape index (κ1) is 19.7. The minimum atomic E-state index is -1.24. The molecule has 1 aliphatic carbocycles. The monoisotopic (exact) mass is 432 g/mol. The Labute approximate surface area is 174 Å². The maximum Gasteiger partial charge on any atom is 0.284 e. The number of fused-ring (bicyclic) bond motifs is 1. The summed E-state index contributed by atoms with van der Waals surface area (Å²) >= 11 is 2.40. The number of carbonyl (C=O) groups excluding carboxylic acids is 2. The molecule has 4 rings (SSSR count). The molecule has 0 bridgehead atoms. The first-order chi connectivity index (χ1) is 14.1. The Bertz CT molecular complexity index is 1020. The van der Waals surface area contributed by atoms with Crippen LogP contribution in [0, 0.1) is 0 Å². The number of nitrogens with zero attached hydrogens (tertiary/aromatic N) is 2. The average Bonchev–Trinajstić information content (AvgIpc) is 3.44. The van der Waals surface area contributed by atoms with Gasteiger partial charge in [0.25, 0.3) is 11.1 Å². The van der Waals surface area contributed by atoms with Gasteiger partial charge >= 0.3 is 0 Å². The van der Waals surface area contributed by atoms with Gasteiger partial charge in [0, 0.05) is 10.4 Å². The highest BCUT2D eigenvalue weighted by atomic mass is 32.2. The molecule has 1 amide bonds. The third-order valence-electron chi connectivity index (χ3n) is 4.80. The standard InChI is InChI=1S/C19H19N3O5S2/c1-2-10-5-3-7-12-14(10)15(18(24)25)17(29-12)20-13(23)9-28-19-22-21-16(27-19)11-6-4-8-26-11/h4,6,8,10H,2-3,5,7,9H2,1H3,(H,20,23)(H,24,25)/p-1. The van der Waals surface area contributed by atoms with E-state index in [1.165, 1.54) is 17.6 Å². The number of aromatic nitrogens is 2. The molecule has 1 aliphatic rings. The molecule has 29 heavy (non-hydrogen) atoms. The molecule has 0 spiro atoms. The highest BCUT2D eigenvalue weighted by Gasteiger charge is 2.28. The average molecular weight is 433 g/mol. The molecule has 0 aliphatic heterocycles. The molecule has 8 nitrogen and oxygen atoms in total. The van der Waals surface area contributed by atoms with Crippen molar-refractivity contribution in [1.82, 2.24) is 10.2 Å². The van der Waals surface area contributed by atoms with Crippen molar-refractivity contribution >= 4 is 40.0 Å². The van der Waals surface area contributed by atoms with Crippen LogP contribution in [0.3, 0.4) is 0 Å². The molecule has 0 saturated heterocycles. The quantitative estimate of drug-likeness (QED) is 0.564. The third kappa shape index (κ3) is 4.08. The highest BCUT2D eigenvalue weighted by Crippen LogP contribution is 2.44. The van der Waals surface area contributed by atoms with E-state index < -0.39 is 5.97 Å². The SMILES string of the molecule is CCC1CCCc2sc(NC(=O)CSc3nnc(-c4ccco4)o3)c(C(=O)[O-])c21. The van der Waals surface area contributed by atoms with Gasteiger partial charge in [-0.25, -0.2) is 0 Å². The number of thiophene rings is 1. The Morgan fingerprint density at radius 1 is 1.41 bits per heavy atom. The van der Waals surface area contributed by atoms with Gasteiger partial charge in [-0.05, 0) is 49.3 Å². The number of thioether (sulfide) groups is 1. The molecule has 1 atom stereocenters. The second kappa shape index (κ2) is 8.42. The summed E-state index contributed by atoms with van der Waals surface area (Å²) in [6.45, 7) is 2.05. The minimum Gasteiger partial charge on any atom is -0.545 e. The number of carboxylic acids is 1. The Morgan fingerprint density at radius 3 is 3.00 bits per heavy atom. The van der Waals surface area contributed by atoms with E-state index in [0.717, 1.165) is 47.9 Å². The van der Waals surface area contributed by atoms with E-state index in [0.29, 0.717) is 10.8 Å². The first-order valence-electron chi connectivity index (χ1n) is 9.23. The molecule has 1 N–H and O–H groups in total. The molecule has 0 radical (unpaired) electrons. The van der Waals surface area contributed by atoms with Crippen molar-refractivity contribution in [2.75, 3.05) is 11.1 Å². The third-order valence-corrected chi connectivity index (χ3v) is 6.80. The van der Waals surface area contributed by atoms with E-state index in [1.807, 2.05) is 6.92 Å². The number of rotatable bonds is 7. The molecule has 1 unspecified atom stereocenters. The van der Waals surface area contributed by atoms with Gasteiger partial charge in [-0.3, -0.25) is 4.79 Å². The summed E-state index contributed by atoms with van der Waals surface area (Å²) in [5.74, 6) is -0.712. The fourth-order valence-corrected chi connectivity index (χ4v) is 5.41. The predicted octanol–water partition coefficient (Wildman–Crippen LogP) is 3.32. The Morgan fingerprint density at radius 2 is 2.28 bits per heavy atom. The number of carboxylic acid groups (broad SMARTS) is 1. The van der Waals surface area contributed by atoms with Crippen molar-refractivity contribution in [3.63, 3.8) is 0 Å². The van der Waals surface area contributed by atoms with Crippen molar-refractivity contribution < 1.29 is 23.5 Å². The molecule has 3 aromatic heterocycles.